The van der Waals surface area contributed by atoms with Crippen molar-refractivity contribution in [2.75, 3.05) is 11.9 Å². The van der Waals surface area contributed by atoms with Gasteiger partial charge in [-0.05, 0) is 18.2 Å². The minimum absolute atomic E-state index is 0.189. The van der Waals surface area contributed by atoms with Gasteiger partial charge in [-0.25, -0.2) is 9.59 Å². The van der Waals surface area contributed by atoms with Gasteiger partial charge < -0.3 is 10.0 Å². The van der Waals surface area contributed by atoms with Crippen molar-refractivity contribution < 1.29 is 14.7 Å². The van der Waals surface area contributed by atoms with Gasteiger partial charge in [-0.15, -0.1) is 0 Å². The predicted octanol–water partition coefficient (Wildman–Crippen LogP) is 1.17. The van der Waals surface area contributed by atoms with Crippen molar-refractivity contribution in [2.24, 2.45) is 0 Å². The molecule has 0 saturated heterocycles. The molecule has 0 radical (unpaired) electrons. The molecule has 4 nitrogen and oxygen atoms in total. The molecule has 0 spiro atoms. The Hall–Kier alpha value is -2.06. The molecular weight excluding hydrogens is 182 g/mol. The van der Waals surface area contributed by atoms with E-state index >= 15 is 0 Å². The highest BCUT2D eigenvalue weighted by Gasteiger charge is 2.04. The topological polar surface area (TPSA) is 57.6 Å². The Morgan fingerprint density at radius 3 is 2.86 bits per heavy atom. The van der Waals surface area contributed by atoms with Crippen LogP contribution in [0.3, 0.4) is 0 Å². The summed E-state index contributed by atoms with van der Waals surface area (Å²) in [5.41, 5.74) is 0.821. The Morgan fingerprint density at radius 1 is 1.57 bits per heavy atom. The monoisotopic (exact) mass is 191 g/mol. The number of aromatic carboxylic acids is 1. The van der Waals surface area contributed by atoms with Gasteiger partial charge in [-0.1, -0.05) is 6.07 Å². The summed E-state index contributed by atoms with van der Waals surface area (Å²) in [5.74, 6) is 0.628. The third-order valence-electron chi connectivity index (χ3n) is 1.75. The van der Waals surface area contributed by atoms with E-state index in [4.69, 9.17) is 5.11 Å². The number of carbonyl (C=O) groups is 1. The van der Waals surface area contributed by atoms with E-state index in [0.717, 1.165) is 0 Å². The van der Waals surface area contributed by atoms with E-state index in [1.165, 1.54) is 23.2 Å². The first-order valence-corrected chi connectivity index (χ1v) is 3.92. The van der Waals surface area contributed by atoms with Gasteiger partial charge in [0.15, 0.2) is 0 Å². The molecular formula is C10H9NO3. The fourth-order valence-electron chi connectivity index (χ4n) is 1.01. The van der Waals surface area contributed by atoms with E-state index in [-0.39, 0.29) is 5.56 Å². The van der Waals surface area contributed by atoms with Gasteiger partial charge in [0.25, 0.3) is 0 Å². The van der Waals surface area contributed by atoms with Crippen LogP contribution in [0.15, 0.2) is 30.5 Å². The number of hydrogen-bond acceptors (Lipinski definition) is 3. The van der Waals surface area contributed by atoms with E-state index in [1.54, 1.807) is 25.1 Å². The SMILES string of the molecule is CN(C=C=O)c1cccc(C(=O)O)c1. The Bertz CT molecular complexity index is 394. The van der Waals surface area contributed by atoms with Crippen LogP contribution in [0.5, 0.6) is 0 Å². The molecule has 1 aromatic carbocycles. The Labute approximate surface area is 81.1 Å². The van der Waals surface area contributed by atoms with Crippen LogP contribution < -0.4 is 4.90 Å². The van der Waals surface area contributed by atoms with Crippen LogP contribution in [0.2, 0.25) is 0 Å². The average molecular weight is 191 g/mol. The zero-order valence-corrected chi connectivity index (χ0v) is 7.60. The molecule has 4 heteroatoms. The molecule has 0 bridgehead atoms. The summed E-state index contributed by atoms with van der Waals surface area (Å²) < 4.78 is 0. The molecule has 1 aromatic rings. The lowest BCUT2D eigenvalue weighted by Gasteiger charge is -2.12. The maximum Gasteiger partial charge on any atom is 0.335 e. The molecule has 0 heterocycles. The van der Waals surface area contributed by atoms with Crippen LogP contribution in [0.4, 0.5) is 5.69 Å². The second-order valence-corrected chi connectivity index (χ2v) is 2.71. The molecule has 14 heavy (non-hydrogen) atoms. The van der Waals surface area contributed by atoms with Gasteiger partial charge >= 0.3 is 5.97 Å². The molecule has 0 aliphatic heterocycles. The quantitative estimate of drug-likeness (QED) is 0.728. The smallest absolute Gasteiger partial charge is 0.335 e. The predicted molar refractivity (Wildman–Crippen MR) is 52.1 cm³/mol. The largest absolute Gasteiger partial charge is 0.478 e. The first-order valence-electron chi connectivity index (χ1n) is 3.92. The van der Waals surface area contributed by atoms with Gasteiger partial charge in [0, 0.05) is 12.7 Å². The minimum atomic E-state index is -0.990. The number of benzene rings is 1. The van der Waals surface area contributed by atoms with Crippen molar-refractivity contribution in [3.63, 3.8) is 0 Å². The fraction of sp³-hybridized carbons (Fsp3) is 0.100. The molecule has 0 fully saturated rings. The van der Waals surface area contributed by atoms with Crippen molar-refractivity contribution in [3.05, 3.63) is 36.0 Å². The number of carboxylic acids is 1. The summed E-state index contributed by atoms with van der Waals surface area (Å²) >= 11 is 0. The van der Waals surface area contributed by atoms with E-state index in [0.29, 0.717) is 5.69 Å². The third kappa shape index (κ3) is 2.21. The molecule has 0 saturated carbocycles. The second kappa shape index (κ2) is 4.25. The lowest BCUT2D eigenvalue weighted by Crippen LogP contribution is -2.09. The third-order valence-corrected chi connectivity index (χ3v) is 1.75. The number of rotatable bonds is 3. The standard InChI is InChI=1S/C10H9NO3/c1-11(5-6-12)9-4-2-3-8(7-9)10(13)14/h2-5,7H,1H3,(H,13,14). The van der Waals surface area contributed by atoms with E-state index in [2.05, 4.69) is 0 Å². The lowest BCUT2D eigenvalue weighted by atomic mass is 10.2. The van der Waals surface area contributed by atoms with Gasteiger partial charge in [-0.2, -0.15) is 0 Å². The lowest BCUT2D eigenvalue weighted by molar-refractivity contribution is 0.0697. The van der Waals surface area contributed by atoms with Crippen molar-refractivity contribution in [2.45, 2.75) is 0 Å². The zero-order valence-electron chi connectivity index (χ0n) is 7.60. The van der Waals surface area contributed by atoms with Crippen LogP contribution >= 0.6 is 0 Å². The first-order chi connectivity index (χ1) is 6.65. The van der Waals surface area contributed by atoms with Crippen molar-refractivity contribution in [1.29, 1.82) is 0 Å². The van der Waals surface area contributed by atoms with Crippen molar-refractivity contribution in [3.8, 4) is 0 Å². The molecule has 72 valence electrons. The number of anilines is 1. The fourth-order valence-corrected chi connectivity index (χ4v) is 1.01. The van der Waals surface area contributed by atoms with Crippen LogP contribution in [-0.2, 0) is 4.79 Å². The molecule has 0 aromatic heterocycles. The highest BCUT2D eigenvalue weighted by atomic mass is 16.4. The summed E-state index contributed by atoms with van der Waals surface area (Å²) in [6, 6.07) is 6.30. The highest BCUT2D eigenvalue weighted by molar-refractivity contribution is 5.88. The Balaban J connectivity index is 3.04. The maximum absolute atomic E-state index is 10.6. The summed E-state index contributed by atoms with van der Waals surface area (Å²) in [6.45, 7) is 0. The average Bonchev–Trinajstić information content (AvgIpc) is 2.18. The van der Waals surface area contributed by atoms with Crippen molar-refractivity contribution in [1.82, 2.24) is 0 Å². The van der Waals surface area contributed by atoms with Gasteiger partial charge in [0.05, 0.1) is 11.8 Å². The number of nitrogens with zero attached hydrogens (tertiary/aromatic N) is 1. The minimum Gasteiger partial charge on any atom is -0.478 e. The number of carbonyl (C=O) groups excluding carboxylic acids is 1. The summed E-state index contributed by atoms with van der Waals surface area (Å²) in [6.07, 6.45) is 1.20. The number of carboxylic acid groups (broad SMARTS) is 1. The van der Waals surface area contributed by atoms with E-state index < -0.39 is 5.97 Å². The van der Waals surface area contributed by atoms with Gasteiger partial charge in [0.1, 0.15) is 5.94 Å². The second-order valence-electron chi connectivity index (χ2n) is 2.71. The summed E-state index contributed by atoms with van der Waals surface area (Å²) in [7, 11) is 1.64. The van der Waals surface area contributed by atoms with Gasteiger partial charge in [-0.3, -0.25) is 0 Å². The molecule has 0 aliphatic rings. The van der Waals surface area contributed by atoms with E-state index in [1.807, 2.05) is 0 Å². The van der Waals surface area contributed by atoms with Crippen LogP contribution in [-0.4, -0.2) is 24.1 Å². The molecule has 0 unspecified atom stereocenters. The zero-order chi connectivity index (χ0) is 10.6. The number of hydrogen-bond donors (Lipinski definition) is 1. The Morgan fingerprint density at radius 2 is 2.29 bits per heavy atom. The normalized spacial score (nSPS) is 8.93. The highest BCUT2D eigenvalue weighted by Crippen LogP contribution is 2.14. The molecule has 1 N–H and O–H groups in total. The van der Waals surface area contributed by atoms with Crippen LogP contribution in [0, 0.1) is 0 Å². The molecule has 0 atom stereocenters. The van der Waals surface area contributed by atoms with E-state index in [9.17, 15) is 9.59 Å². The van der Waals surface area contributed by atoms with Crippen LogP contribution in [0.1, 0.15) is 10.4 Å². The first kappa shape index (κ1) is 10.0. The van der Waals surface area contributed by atoms with Crippen LogP contribution in [0.25, 0.3) is 0 Å². The van der Waals surface area contributed by atoms with Gasteiger partial charge in [0.2, 0.25) is 0 Å². The Kier molecular flexibility index (Phi) is 3.05. The molecule has 0 amide bonds. The molecule has 0 aliphatic carbocycles. The molecule has 1 rings (SSSR count). The summed E-state index contributed by atoms with van der Waals surface area (Å²) in [4.78, 5) is 22.2. The van der Waals surface area contributed by atoms with Crippen molar-refractivity contribution >= 4 is 17.6 Å². The summed E-state index contributed by atoms with van der Waals surface area (Å²) in [5, 5.41) is 8.71. The maximum atomic E-state index is 10.6.